The number of aliphatic hydroxyl groups is 1. The summed E-state index contributed by atoms with van der Waals surface area (Å²) in [5.74, 6) is -0.903. The summed E-state index contributed by atoms with van der Waals surface area (Å²) in [6.45, 7) is 3.57. The fraction of sp³-hybridized carbons (Fsp3) is 0.421. The minimum Gasteiger partial charge on any atom is -0.496 e. The average Bonchev–Trinajstić information content (AvgIpc) is 3.10. The third-order valence-corrected chi connectivity index (χ3v) is 3.84. The lowest BCUT2D eigenvalue weighted by Gasteiger charge is -2.30. The average molecular weight is 411 g/mol. The molecule has 29 heavy (non-hydrogen) atoms. The van der Waals surface area contributed by atoms with Gasteiger partial charge in [0, 0.05) is 38.9 Å². The van der Waals surface area contributed by atoms with Gasteiger partial charge >= 0.3 is 0 Å². The number of carboxylic acid groups (broad SMARTS) is 2. The van der Waals surface area contributed by atoms with E-state index < -0.39 is 18.0 Å². The van der Waals surface area contributed by atoms with E-state index >= 15 is 0 Å². The Kier molecular flexibility index (Phi) is 9.76. The summed E-state index contributed by atoms with van der Waals surface area (Å²) in [4.78, 5) is 22.4. The molecule has 0 saturated carbocycles. The lowest BCUT2D eigenvalue weighted by molar-refractivity contribution is -0.135. The van der Waals surface area contributed by atoms with Crippen molar-refractivity contribution in [3.05, 3.63) is 36.4 Å². The molecule has 4 N–H and O–H groups in total. The van der Waals surface area contributed by atoms with Crippen LogP contribution in [0.15, 0.2) is 30.6 Å². The van der Waals surface area contributed by atoms with E-state index in [0.29, 0.717) is 18.1 Å². The number of nitrogens with zero attached hydrogens (tertiary/aromatic N) is 2. The topological polar surface area (TPSA) is 134 Å². The molecule has 1 aromatic carbocycles. The summed E-state index contributed by atoms with van der Waals surface area (Å²) < 4.78 is 20.5. The fourth-order valence-electron chi connectivity index (χ4n) is 2.79. The van der Waals surface area contributed by atoms with Gasteiger partial charge in [-0.25, -0.2) is 9.37 Å². The molecule has 2 aromatic rings. The van der Waals surface area contributed by atoms with Crippen LogP contribution in [0, 0.1) is 5.82 Å². The number of ether oxygens (including phenoxy) is 1. The Morgan fingerprint density at radius 3 is 2.45 bits per heavy atom. The highest BCUT2D eigenvalue weighted by Gasteiger charge is 2.27. The highest BCUT2D eigenvalue weighted by Crippen LogP contribution is 2.32. The fourth-order valence-corrected chi connectivity index (χ4v) is 2.79. The van der Waals surface area contributed by atoms with Crippen LogP contribution < -0.4 is 10.1 Å². The molecule has 2 atom stereocenters. The molecular weight excluding hydrogens is 385 g/mol. The molecule has 10 heteroatoms. The normalized spacial score (nSPS) is 17.8. The third kappa shape index (κ3) is 7.88. The number of aromatic nitrogens is 2. The summed E-state index contributed by atoms with van der Waals surface area (Å²) in [6.07, 6.45) is 3.87. The number of carboxylic acids is 2. The van der Waals surface area contributed by atoms with Crippen molar-refractivity contribution >= 4 is 11.9 Å². The summed E-state index contributed by atoms with van der Waals surface area (Å²) >= 11 is 0. The molecule has 0 unspecified atom stereocenters. The lowest BCUT2D eigenvalue weighted by atomic mass is 10.0. The maximum absolute atomic E-state index is 13.3. The zero-order valence-corrected chi connectivity index (χ0v) is 16.5. The van der Waals surface area contributed by atoms with Crippen LogP contribution in [0.2, 0.25) is 0 Å². The molecule has 160 valence electrons. The van der Waals surface area contributed by atoms with Crippen LogP contribution in [-0.2, 0) is 9.59 Å². The van der Waals surface area contributed by atoms with Crippen molar-refractivity contribution in [1.82, 2.24) is 14.9 Å². The molecule has 9 nitrogen and oxygen atoms in total. The Labute approximate surface area is 167 Å². The predicted molar refractivity (Wildman–Crippen MR) is 103 cm³/mol. The van der Waals surface area contributed by atoms with Crippen molar-refractivity contribution in [3.63, 3.8) is 0 Å². The quantitative estimate of drug-likeness (QED) is 0.600. The molecule has 2 heterocycles. The highest BCUT2D eigenvalue weighted by molar-refractivity contribution is 5.65. The van der Waals surface area contributed by atoms with Gasteiger partial charge in [-0.1, -0.05) is 0 Å². The number of benzene rings is 1. The molecule has 1 fully saturated rings. The van der Waals surface area contributed by atoms with Gasteiger partial charge in [-0.05, 0) is 25.1 Å². The third-order valence-electron chi connectivity index (χ3n) is 3.84. The Hall–Kier alpha value is -2.98. The maximum Gasteiger partial charge on any atom is 0.300 e. The molecule has 0 bridgehead atoms. The van der Waals surface area contributed by atoms with Gasteiger partial charge in [0.05, 0.1) is 24.8 Å². The smallest absolute Gasteiger partial charge is 0.300 e. The van der Waals surface area contributed by atoms with Gasteiger partial charge in [0.25, 0.3) is 11.9 Å². The highest BCUT2D eigenvalue weighted by atomic mass is 19.1. The number of rotatable bonds is 3. The Balaban J connectivity index is 0.000000452. The largest absolute Gasteiger partial charge is 0.496 e. The molecule has 3 rings (SSSR count). The first-order valence-electron chi connectivity index (χ1n) is 8.82. The van der Waals surface area contributed by atoms with E-state index in [0.717, 1.165) is 32.4 Å². The van der Waals surface area contributed by atoms with Crippen molar-refractivity contribution in [3.8, 4) is 17.1 Å². The minimum absolute atomic E-state index is 0.0430. The van der Waals surface area contributed by atoms with Gasteiger partial charge < -0.3 is 29.9 Å². The van der Waals surface area contributed by atoms with Gasteiger partial charge in [-0.15, -0.1) is 0 Å². The molecule has 0 amide bonds. The zero-order chi connectivity index (χ0) is 22.0. The summed E-state index contributed by atoms with van der Waals surface area (Å²) in [7, 11) is 1.50. The van der Waals surface area contributed by atoms with Gasteiger partial charge in [0.15, 0.2) is 0 Å². The SMILES string of the molecule is CC(=O)O.CC(=O)O.COc1cc(F)ccc1-c1nccn1[C@H]1CCNC[C@@H]1O. The molecule has 1 saturated heterocycles. The van der Waals surface area contributed by atoms with Crippen molar-refractivity contribution in [2.45, 2.75) is 32.4 Å². The monoisotopic (exact) mass is 411 g/mol. The number of β-amino-alcohol motifs (C(OH)–C–C–N with tert-alkyl or cyclic N) is 1. The van der Waals surface area contributed by atoms with E-state index in [9.17, 15) is 9.50 Å². The van der Waals surface area contributed by atoms with Crippen LogP contribution in [0.5, 0.6) is 5.75 Å². The van der Waals surface area contributed by atoms with E-state index in [1.165, 1.54) is 19.2 Å². The van der Waals surface area contributed by atoms with Gasteiger partial charge in [-0.3, -0.25) is 9.59 Å². The number of aliphatic carboxylic acids is 2. The predicted octanol–water partition coefficient (Wildman–Crippen LogP) is 1.77. The van der Waals surface area contributed by atoms with Gasteiger partial charge in [0.2, 0.25) is 0 Å². The van der Waals surface area contributed by atoms with Crippen LogP contribution in [-0.4, -0.2) is 63.1 Å². The second-order valence-corrected chi connectivity index (χ2v) is 6.17. The number of carbonyl (C=O) groups is 2. The van der Waals surface area contributed by atoms with Crippen LogP contribution in [0.1, 0.15) is 26.3 Å². The molecule has 0 aliphatic carbocycles. The Morgan fingerprint density at radius 1 is 1.28 bits per heavy atom. The van der Waals surface area contributed by atoms with Crippen molar-refractivity contribution in [2.75, 3.05) is 20.2 Å². The zero-order valence-electron chi connectivity index (χ0n) is 16.5. The lowest BCUT2D eigenvalue weighted by Crippen LogP contribution is -2.41. The summed E-state index contributed by atoms with van der Waals surface area (Å²) in [5.41, 5.74) is 0.717. The minimum atomic E-state index is -0.833. The summed E-state index contributed by atoms with van der Waals surface area (Å²) in [5, 5.41) is 28.2. The van der Waals surface area contributed by atoms with E-state index in [2.05, 4.69) is 10.3 Å². The van der Waals surface area contributed by atoms with E-state index in [1.807, 2.05) is 10.8 Å². The number of imidazole rings is 1. The summed E-state index contributed by atoms with van der Waals surface area (Å²) in [6, 6.07) is 4.34. The van der Waals surface area contributed by atoms with Crippen LogP contribution >= 0.6 is 0 Å². The standard InChI is InChI=1S/C15H18FN3O2.2C2H4O2/c1-21-14-8-10(16)2-3-11(14)15-18-6-7-19(15)12-4-5-17-9-13(12)20;2*1-2(3)4/h2-3,6-8,12-13,17,20H,4-5,9H2,1H3;2*1H3,(H,3,4)/t12-,13-;;/m0../s1. The number of halogens is 1. The molecule has 1 aliphatic heterocycles. The molecule has 0 radical (unpaired) electrons. The number of aliphatic hydroxyl groups excluding tert-OH is 1. The van der Waals surface area contributed by atoms with Crippen LogP contribution in [0.25, 0.3) is 11.4 Å². The number of nitrogens with one attached hydrogen (secondary N) is 1. The van der Waals surface area contributed by atoms with E-state index in [1.54, 1.807) is 12.3 Å². The van der Waals surface area contributed by atoms with E-state index in [4.69, 9.17) is 24.5 Å². The van der Waals surface area contributed by atoms with Crippen molar-refractivity contribution in [2.24, 2.45) is 0 Å². The molecular formula is C19H26FN3O6. The maximum atomic E-state index is 13.3. The van der Waals surface area contributed by atoms with Crippen molar-refractivity contribution < 1.29 is 34.0 Å². The molecule has 0 spiro atoms. The van der Waals surface area contributed by atoms with Crippen molar-refractivity contribution in [1.29, 1.82) is 0 Å². The molecule has 1 aromatic heterocycles. The Morgan fingerprint density at radius 2 is 1.90 bits per heavy atom. The Bertz CT molecular complexity index is 791. The first kappa shape index (κ1) is 24.1. The second-order valence-electron chi connectivity index (χ2n) is 6.17. The number of methoxy groups -OCH3 is 1. The number of piperidine rings is 1. The van der Waals surface area contributed by atoms with Gasteiger partial charge in [0.1, 0.15) is 17.4 Å². The van der Waals surface area contributed by atoms with Gasteiger partial charge in [-0.2, -0.15) is 0 Å². The number of hydrogen-bond acceptors (Lipinski definition) is 6. The molecule has 1 aliphatic rings. The first-order valence-corrected chi connectivity index (χ1v) is 8.82. The van der Waals surface area contributed by atoms with Crippen LogP contribution in [0.4, 0.5) is 4.39 Å². The van der Waals surface area contributed by atoms with Crippen LogP contribution in [0.3, 0.4) is 0 Å². The van der Waals surface area contributed by atoms with E-state index in [-0.39, 0.29) is 11.9 Å². The number of hydrogen-bond donors (Lipinski definition) is 4. The first-order chi connectivity index (χ1) is 13.7. The second kappa shape index (κ2) is 11.8.